The molecular weight excluding hydrogens is 260 g/mol. The second kappa shape index (κ2) is 6.29. The summed E-state index contributed by atoms with van der Waals surface area (Å²) in [7, 11) is 0. The molecule has 6 nitrogen and oxygen atoms in total. The van der Waals surface area contributed by atoms with E-state index in [0.29, 0.717) is 24.1 Å². The molecule has 106 valence electrons. The summed E-state index contributed by atoms with van der Waals surface area (Å²) in [6.07, 6.45) is -0.277. The topological polar surface area (TPSA) is 81.5 Å². The van der Waals surface area contributed by atoms with Crippen molar-refractivity contribution in [3.8, 4) is 5.75 Å². The van der Waals surface area contributed by atoms with Crippen LogP contribution in [0.5, 0.6) is 5.75 Å². The summed E-state index contributed by atoms with van der Waals surface area (Å²) in [5.41, 5.74) is 0.406. The number of ether oxygens (including phenoxy) is 2. The van der Waals surface area contributed by atoms with Crippen molar-refractivity contribution in [3.63, 3.8) is 0 Å². The van der Waals surface area contributed by atoms with Gasteiger partial charge in [-0.15, -0.1) is 10.2 Å². The van der Waals surface area contributed by atoms with E-state index in [-0.39, 0.29) is 17.5 Å². The van der Waals surface area contributed by atoms with Crippen molar-refractivity contribution in [1.82, 2.24) is 10.2 Å². The highest BCUT2D eigenvalue weighted by Crippen LogP contribution is 2.27. The Morgan fingerprint density at radius 1 is 1.35 bits per heavy atom. The lowest BCUT2D eigenvalue weighted by Crippen LogP contribution is -2.21. The Balaban J connectivity index is 2.41. The van der Waals surface area contributed by atoms with Gasteiger partial charge in [-0.1, -0.05) is 12.1 Å². The van der Waals surface area contributed by atoms with Gasteiger partial charge in [-0.3, -0.25) is 0 Å². The molecule has 1 unspecified atom stereocenters. The van der Waals surface area contributed by atoms with Crippen LogP contribution in [0.4, 0.5) is 0 Å². The molecule has 0 saturated heterocycles. The van der Waals surface area contributed by atoms with Gasteiger partial charge in [0.1, 0.15) is 6.10 Å². The fourth-order valence-corrected chi connectivity index (χ4v) is 1.81. The minimum Gasteiger partial charge on any atom is -0.485 e. The number of nitrogens with zero attached hydrogens (tertiary/aromatic N) is 2. The van der Waals surface area contributed by atoms with Crippen LogP contribution in [0.2, 0.25) is 0 Å². The molecule has 1 heterocycles. The fraction of sp³-hybridized carbons (Fsp3) is 0.357. The van der Waals surface area contributed by atoms with E-state index >= 15 is 0 Å². The molecule has 0 saturated carbocycles. The van der Waals surface area contributed by atoms with Crippen LogP contribution < -0.4 is 4.74 Å². The Morgan fingerprint density at radius 3 is 2.80 bits per heavy atom. The third kappa shape index (κ3) is 3.03. The minimum atomic E-state index is -1.16. The van der Waals surface area contributed by atoms with Gasteiger partial charge in [0.25, 0.3) is 0 Å². The SMILES string of the molecule is CCOCC(C)Oc1c(C(=O)O)nnc2ccccc12. The predicted octanol–water partition coefficient (Wildman–Crippen LogP) is 2.13. The van der Waals surface area contributed by atoms with Crippen molar-refractivity contribution in [2.45, 2.75) is 20.0 Å². The molecule has 2 rings (SSSR count). The Hall–Kier alpha value is -2.21. The largest absolute Gasteiger partial charge is 0.485 e. The lowest BCUT2D eigenvalue weighted by Gasteiger charge is -2.16. The molecule has 1 N–H and O–H groups in total. The third-order valence-corrected chi connectivity index (χ3v) is 2.70. The van der Waals surface area contributed by atoms with Crippen LogP contribution >= 0.6 is 0 Å². The smallest absolute Gasteiger partial charge is 0.360 e. The van der Waals surface area contributed by atoms with E-state index in [2.05, 4.69) is 10.2 Å². The summed E-state index contributed by atoms with van der Waals surface area (Å²) in [5.74, 6) is -0.933. The molecule has 0 amide bonds. The number of carboxylic acids is 1. The zero-order valence-corrected chi connectivity index (χ0v) is 11.4. The van der Waals surface area contributed by atoms with Gasteiger partial charge >= 0.3 is 5.97 Å². The number of aromatic carboxylic acids is 1. The van der Waals surface area contributed by atoms with Gasteiger partial charge in [-0.05, 0) is 26.0 Å². The minimum absolute atomic E-state index is 0.188. The van der Waals surface area contributed by atoms with Gasteiger partial charge in [0.05, 0.1) is 12.1 Å². The number of fused-ring (bicyclic) bond motifs is 1. The van der Waals surface area contributed by atoms with Gasteiger partial charge in [0, 0.05) is 12.0 Å². The van der Waals surface area contributed by atoms with Crippen LogP contribution in [-0.4, -0.2) is 40.6 Å². The van der Waals surface area contributed by atoms with E-state index in [1.54, 1.807) is 18.2 Å². The maximum atomic E-state index is 11.2. The van der Waals surface area contributed by atoms with Crippen molar-refractivity contribution in [2.75, 3.05) is 13.2 Å². The van der Waals surface area contributed by atoms with Crippen LogP contribution in [0.3, 0.4) is 0 Å². The fourth-order valence-electron chi connectivity index (χ4n) is 1.81. The van der Waals surface area contributed by atoms with Crippen molar-refractivity contribution >= 4 is 16.9 Å². The highest BCUT2D eigenvalue weighted by molar-refractivity contribution is 5.96. The number of rotatable bonds is 6. The third-order valence-electron chi connectivity index (χ3n) is 2.70. The van der Waals surface area contributed by atoms with Gasteiger partial charge in [-0.2, -0.15) is 0 Å². The van der Waals surface area contributed by atoms with E-state index < -0.39 is 5.97 Å². The van der Waals surface area contributed by atoms with Gasteiger partial charge < -0.3 is 14.6 Å². The average molecular weight is 276 g/mol. The van der Waals surface area contributed by atoms with Crippen LogP contribution in [0.25, 0.3) is 10.9 Å². The van der Waals surface area contributed by atoms with Gasteiger partial charge in [-0.25, -0.2) is 4.79 Å². The molecule has 0 bridgehead atoms. The van der Waals surface area contributed by atoms with Gasteiger partial charge in [0.15, 0.2) is 5.75 Å². The van der Waals surface area contributed by atoms with E-state index in [1.165, 1.54) is 0 Å². The zero-order chi connectivity index (χ0) is 14.5. The molecule has 2 aromatic rings. The number of benzene rings is 1. The summed E-state index contributed by atoms with van der Waals surface area (Å²) in [5, 5.41) is 17.4. The Bertz CT molecular complexity index is 615. The average Bonchev–Trinajstić information content (AvgIpc) is 2.45. The molecule has 0 spiro atoms. The predicted molar refractivity (Wildman–Crippen MR) is 73.1 cm³/mol. The van der Waals surface area contributed by atoms with Gasteiger partial charge in [0.2, 0.25) is 5.69 Å². The highest BCUT2D eigenvalue weighted by Gasteiger charge is 2.19. The molecule has 1 aromatic carbocycles. The maximum Gasteiger partial charge on any atom is 0.360 e. The molecular formula is C14H16N2O4. The van der Waals surface area contributed by atoms with Crippen molar-refractivity contribution in [3.05, 3.63) is 30.0 Å². The number of carboxylic acid groups (broad SMARTS) is 1. The summed E-state index contributed by atoms with van der Waals surface area (Å²) < 4.78 is 11.0. The lowest BCUT2D eigenvalue weighted by atomic mass is 10.2. The normalized spacial score (nSPS) is 12.3. The highest BCUT2D eigenvalue weighted by atomic mass is 16.5. The van der Waals surface area contributed by atoms with E-state index in [9.17, 15) is 9.90 Å². The standard InChI is InChI=1S/C14H16N2O4/c1-3-19-8-9(2)20-13-10-6-4-5-7-11(10)15-16-12(13)14(17)18/h4-7,9H,3,8H2,1-2H3,(H,17,18). The number of hydrogen-bond donors (Lipinski definition) is 1. The van der Waals surface area contributed by atoms with E-state index in [1.807, 2.05) is 19.9 Å². The molecule has 0 aliphatic rings. The Labute approximate surface area is 116 Å². The maximum absolute atomic E-state index is 11.2. The second-order valence-electron chi connectivity index (χ2n) is 4.29. The van der Waals surface area contributed by atoms with E-state index in [0.717, 1.165) is 0 Å². The summed E-state index contributed by atoms with van der Waals surface area (Å²) in [4.78, 5) is 11.2. The summed E-state index contributed by atoms with van der Waals surface area (Å²) in [6, 6.07) is 7.13. The molecule has 1 atom stereocenters. The molecule has 20 heavy (non-hydrogen) atoms. The number of aromatic nitrogens is 2. The molecule has 6 heteroatoms. The van der Waals surface area contributed by atoms with E-state index in [4.69, 9.17) is 9.47 Å². The van der Waals surface area contributed by atoms with Crippen LogP contribution in [0.15, 0.2) is 24.3 Å². The van der Waals surface area contributed by atoms with Crippen molar-refractivity contribution < 1.29 is 19.4 Å². The first-order valence-corrected chi connectivity index (χ1v) is 6.36. The number of carbonyl (C=O) groups is 1. The Morgan fingerprint density at radius 2 is 2.10 bits per heavy atom. The molecule has 0 radical (unpaired) electrons. The van der Waals surface area contributed by atoms with Crippen molar-refractivity contribution in [1.29, 1.82) is 0 Å². The monoisotopic (exact) mass is 276 g/mol. The van der Waals surface area contributed by atoms with Crippen LogP contribution in [0, 0.1) is 0 Å². The summed E-state index contributed by atoms with van der Waals surface area (Å²) in [6.45, 7) is 4.66. The second-order valence-corrected chi connectivity index (χ2v) is 4.29. The van der Waals surface area contributed by atoms with Crippen LogP contribution in [-0.2, 0) is 4.74 Å². The molecule has 0 aliphatic carbocycles. The quantitative estimate of drug-likeness (QED) is 0.870. The lowest BCUT2D eigenvalue weighted by molar-refractivity contribution is 0.0604. The Kier molecular flexibility index (Phi) is 4.47. The first-order valence-electron chi connectivity index (χ1n) is 6.36. The zero-order valence-electron chi connectivity index (χ0n) is 11.4. The first-order chi connectivity index (χ1) is 9.63. The molecule has 0 aliphatic heterocycles. The molecule has 0 fully saturated rings. The first kappa shape index (κ1) is 14.2. The summed E-state index contributed by atoms with van der Waals surface area (Å²) >= 11 is 0. The van der Waals surface area contributed by atoms with Crippen LogP contribution in [0.1, 0.15) is 24.3 Å². The molecule has 1 aromatic heterocycles. The number of hydrogen-bond acceptors (Lipinski definition) is 5. The van der Waals surface area contributed by atoms with Crippen molar-refractivity contribution in [2.24, 2.45) is 0 Å².